The normalized spacial score (nSPS) is 15.3. The molecule has 2 aromatic heterocycles. The van der Waals surface area contributed by atoms with Gasteiger partial charge in [0.15, 0.2) is 6.67 Å². The fourth-order valence-electron chi connectivity index (χ4n) is 3.34. The molecular weight excluding hydrogens is 346 g/mol. The van der Waals surface area contributed by atoms with Gasteiger partial charge in [0.25, 0.3) is 10.7 Å². The highest BCUT2D eigenvalue weighted by atomic mass is 32.1. The van der Waals surface area contributed by atoms with Crippen molar-refractivity contribution in [3.05, 3.63) is 59.1 Å². The SMILES string of the molecule is Cc1ccccc1-c1nn(C[NH+]2CCN(c3cccc[nH+]3)CC2)c(=S)o1. The van der Waals surface area contributed by atoms with Gasteiger partial charge in [0, 0.05) is 11.6 Å². The number of rotatable bonds is 4. The Bertz CT molecular complexity index is 928. The minimum absolute atomic E-state index is 0.439. The number of quaternary nitrogens is 1. The van der Waals surface area contributed by atoms with Crippen molar-refractivity contribution < 1.29 is 14.3 Å². The molecule has 26 heavy (non-hydrogen) atoms. The summed E-state index contributed by atoms with van der Waals surface area (Å²) in [6.45, 7) is 6.88. The molecule has 0 bridgehead atoms. The average molecular weight is 369 g/mol. The van der Waals surface area contributed by atoms with Crippen molar-refractivity contribution in [2.75, 3.05) is 31.1 Å². The van der Waals surface area contributed by atoms with Crippen molar-refractivity contribution >= 4 is 18.0 Å². The van der Waals surface area contributed by atoms with Gasteiger partial charge in [-0.15, -0.1) is 5.10 Å². The van der Waals surface area contributed by atoms with E-state index in [-0.39, 0.29) is 0 Å². The van der Waals surface area contributed by atoms with E-state index in [1.54, 1.807) is 0 Å². The molecule has 0 aliphatic carbocycles. The molecule has 0 atom stereocenters. The lowest BCUT2D eigenvalue weighted by Gasteiger charge is -2.27. The lowest BCUT2D eigenvalue weighted by Crippen LogP contribution is -3.14. The van der Waals surface area contributed by atoms with E-state index in [9.17, 15) is 0 Å². The monoisotopic (exact) mass is 369 g/mol. The molecule has 3 aromatic rings. The zero-order valence-electron chi connectivity index (χ0n) is 14.8. The van der Waals surface area contributed by atoms with Crippen LogP contribution in [0.4, 0.5) is 5.82 Å². The highest BCUT2D eigenvalue weighted by Crippen LogP contribution is 2.21. The smallest absolute Gasteiger partial charge is 0.292 e. The highest BCUT2D eigenvalue weighted by molar-refractivity contribution is 7.71. The number of aryl methyl sites for hydroxylation is 1. The van der Waals surface area contributed by atoms with Crippen LogP contribution in [-0.4, -0.2) is 36.0 Å². The van der Waals surface area contributed by atoms with Crippen LogP contribution in [0.1, 0.15) is 5.56 Å². The molecule has 0 amide bonds. The molecule has 2 N–H and O–H groups in total. The second-order valence-electron chi connectivity index (χ2n) is 6.63. The minimum Gasteiger partial charge on any atom is -0.409 e. The summed E-state index contributed by atoms with van der Waals surface area (Å²) in [6, 6.07) is 14.3. The van der Waals surface area contributed by atoms with Gasteiger partial charge in [-0.1, -0.05) is 24.3 Å². The van der Waals surface area contributed by atoms with Gasteiger partial charge < -0.3 is 9.32 Å². The predicted octanol–water partition coefficient (Wildman–Crippen LogP) is 1.36. The molecule has 1 aliphatic rings. The first-order chi connectivity index (χ1) is 12.7. The van der Waals surface area contributed by atoms with Gasteiger partial charge in [-0.3, -0.25) is 4.90 Å². The average Bonchev–Trinajstić information content (AvgIpc) is 3.04. The number of anilines is 1. The van der Waals surface area contributed by atoms with Crippen molar-refractivity contribution in [2.24, 2.45) is 0 Å². The van der Waals surface area contributed by atoms with Crippen LogP contribution in [-0.2, 0) is 6.67 Å². The Hall–Kier alpha value is -2.51. The Morgan fingerprint density at radius 1 is 1.15 bits per heavy atom. The molecule has 4 rings (SSSR count). The Kier molecular flexibility index (Phi) is 4.81. The molecule has 0 radical (unpaired) electrons. The van der Waals surface area contributed by atoms with Crippen LogP contribution in [0.2, 0.25) is 0 Å². The standard InChI is InChI=1S/C19H21N5OS/c1-15-6-2-3-7-16(15)18-21-24(19(26)25-18)14-22-10-12-23(13-11-22)17-8-4-5-9-20-17/h2-9H,10-14H2,1H3/p+2. The largest absolute Gasteiger partial charge is 0.409 e. The maximum atomic E-state index is 5.75. The predicted molar refractivity (Wildman–Crippen MR) is 101 cm³/mol. The molecule has 134 valence electrons. The third kappa shape index (κ3) is 3.54. The lowest BCUT2D eigenvalue weighted by molar-refractivity contribution is -0.924. The Labute approximate surface area is 157 Å². The molecule has 3 heterocycles. The van der Waals surface area contributed by atoms with E-state index in [4.69, 9.17) is 16.6 Å². The van der Waals surface area contributed by atoms with Gasteiger partial charge in [-0.05, 0) is 36.8 Å². The number of hydrogen-bond acceptors (Lipinski definition) is 4. The summed E-state index contributed by atoms with van der Waals surface area (Å²) in [5.74, 6) is 1.77. The van der Waals surface area contributed by atoms with Crippen molar-refractivity contribution in [2.45, 2.75) is 13.6 Å². The van der Waals surface area contributed by atoms with Gasteiger partial charge in [-0.25, -0.2) is 4.98 Å². The summed E-state index contributed by atoms with van der Waals surface area (Å²) in [7, 11) is 0. The topological polar surface area (TPSA) is 52.8 Å². The zero-order valence-corrected chi connectivity index (χ0v) is 15.6. The number of benzene rings is 1. The third-order valence-electron chi connectivity index (χ3n) is 4.86. The number of nitrogens with zero attached hydrogens (tertiary/aromatic N) is 3. The molecule has 1 aliphatic heterocycles. The third-order valence-corrected chi connectivity index (χ3v) is 5.15. The molecule has 7 heteroatoms. The molecule has 1 fully saturated rings. The van der Waals surface area contributed by atoms with Gasteiger partial charge >= 0.3 is 0 Å². The second-order valence-corrected chi connectivity index (χ2v) is 6.98. The van der Waals surface area contributed by atoms with E-state index in [0.29, 0.717) is 10.7 Å². The highest BCUT2D eigenvalue weighted by Gasteiger charge is 2.26. The summed E-state index contributed by atoms with van der Waals surface area (Å²) >= 11 is 5.39. The quantitative estimate of drug-likeness (QED) is 0.706. The van der Waals surface area contributed by atoms with Crippen LogP contribution in [0.5, 0.6) is 0 Å². The van der Waals surface area contributed by atoms with E-state index < -0.39 is 0 Å². The number of piperazine rings is 1. The maximum absolute atomic E-state index is 5.75. The van der Waals surface area contributed by atoms with Crippen LogP contribution in [0, 0.1) is 11.8 Å². The van der Waals surface area contributed by atoms with Crippen LogP contribution in [0.3, 0.4) is 0 Å². The van der Waals surface area contributed by atoms with Crippen molar-refractivity contribution in [1.29, 1.82) is 0 Å². The summed E-state index contributed by atoms with van der Waals surface area (Å²) in [5, 5.41) is 4.62. The van der Waals surface area contributed by atoms with Crippen molar-refractivity contribution in [1.82, 2.24) is 9.78 Å². The van der Waals surface area contributed by atoms with Crippen LogP contribution in [0.15, 0.2) is 53.1 Å². The molecule has 6 nitrogen and oxygen atoms in total. The fraction of sp³-hybridized carbons (Fsp3) is 0.316. The summed E-state index contributed by atoms with van der Waals surface area (Å²) < 4.78 is 7.57. The van der Waals surface area contributed by atoms with Crippen LogP contribution in [0.25, 0.3) is 11.5 Å². The van der Waals surface area contributed by atoms with E-state index in [1.807, 2.05) is 35.1 Å². The van der Waals surface area contributed by atoms with Gasteiger partial charge in [-0.2, -0.15) is 4.68 Å². The summed E-state index contributed by atoms with van der Waals surface area (Å²) in [6.07, 6.45) is 1.97. The molecule has 0 unspecified atom stereocenters. The number of nitrogens with one attached hydrogen (secondary N) is 2. The first kappa shape index (κ1) is 16.9. The number of aromatic amines is 1. The Morgan fingerprint density at radius 3 is 2.65 bits per heavy atom. The number of pyridine rings is 1. The van der Waals surface area contributed by atoms with Crippen LogP contribution >= 0.6 is 12.2 Å². The first-order valence-corrected chi connectivity index (χ1v) is 9.31. The molecular formula is C19H23N5OS+2. The molecule has 0 saturated carbocycles. The van der Waals surface area contributed by atoms with Crippen LogP contribution < -0.4 is 14.8 Å². The lowest BCUT2D eigenvalue weighted by atomic mass is 10.1. The van der Waals surface area contributed by atoms with E-state index in [2.05, 4.69) is 40.1 Å². The number of hydrogen-bond donors (Lipinski definition) is 1. The van der Waals surface area contributed by atoms with Gasteiger partial charge in [0.1, 0.15) is 26.2 Å². The summed E-state index contributed by atoms with van der Waals surface area (Å²) in [4.78, 5) is 7.58. The molecule has 1 saturated heterocycles. The number of aromatic nitrogens is 3. The molecule has 1 aromatic carbocycles. The van der Waals surface area contributed by atoms with Crippen molar-refractivity contribution in [3.8, 4) is 11.5 Å². The van der Waals surface area contributed by atoms with Gasteiger partial charge in [0.2, 0.25) is 5.89 Å². The zero-order chi connectivity index (χ0) is 17.9. The Balaban J connectivity index is 1.43. The maximum Gasteiger partial charge on any atom is 0.292 e. The minimum atomic E-state index is 0.439. The van der Waals surface area contributed by atoms with E-state index in [0.717, 1.165) is 44.0 Å². The van der Waals surface area contributed by atoms with E-state index in [1.165, 1.54) is 10.7 Å². The molecule has 0 spiro atoms. The van der Waals surface area contributed by atoms with Gasteiger partial charge in [0.05, 0.1) is 6.20 Å². The first-order valence-electron chi connectivity index (χ1n) is 8.90. The second kappa shape index (κ2) is 7.39. The summed E-state index contributed by atoms with van der Waals surface area (Å²) in [5.41, 5.74) is 2.13. The fourth-order valence-corrected chi connectivity index (χ4v) is 3.53. The van der Waals surface area contributed by atoms with Crippen molar-refractivity contribution in [3.63, 3.8) is 0 Å². The Morgan fingerprint density at radius 2 is 1.92 bits per heavy atom. The number of H-pyrrole nitrogens is 1. The van der Waals surface area contributed by atoms with E-state index >= 15 is 0 Å².